The first kappa shape index (κ1) is 13.7. The average Bonchev–Trinajstić information content (AvgIpc) is 2.33. The van der Waals surface area contributed by atoms with Gasteiger partial charge in [0, 0.05) is 5.92 Å². The fourth-order valence-corrected chi connectivity index (χ4v) is 1.77. The number of carbonyl (C=O) groups is 1. The minimum atomic E-state index is -0.383. The van der Waals surface area contributed by atoms with Gasteiger partial charge in [0.15, 0.2) is 0 Å². The van der Waals surface area contributed by atoms with Crippen molar-refractivity contribution in [3.8, 4) is 0 Å². The average molecular weight is 237 g/mol. The zero-order valence-electron chi connectivity index (χ0n) is 10.5. The number of hydrogen-bond donors (Lipinski definition) is 1. The summed E-state index contributed by atoms with van der Waals surface area (Å²) < 4.78 is 13.4. The zero-order chi connectivity index (χ0) is 12.7. The Balaban J connectivity index is 2.61. The first-order valence-electron chi connectivity index (χ1n) is 6.24. The Labute approximate surface area is 102 Å². The van der Waals surface area contributed by atoms with Crippen LogP contribution in [0.2, 0.25) is 0 Å². The lowest BCUT2D eigenvalue weighted by Crippen LogP contribution is -2.22. The molecule has 3 heteroatoms. The summed E-state index contributed by atoms with van der Waals surface area (Å²) in [6, 6.07) is 6.26. The van der Waals surface area contributed by atoms with E-state index in [1.165, 1.54) is 6.07 Å². The monoisotopic (exact) mass is 237 g/mol. The molecular weight excluding hydrogens is 217 g/mol. The molecule has 1 unspecified atom stereocenters. The smallest absolute Gasteiger partial charge is 0.227 e. The molecule has 17 heavy (non-hydrogen) atoms. The van der Waals surface area contributed by atoms with E-state index in [2.05, 4.69) is 12.2 Å². The number of halogens is 1. The van der Waals surface area contributed by atoms with Crippen molar-refractivity contribution >= 4 is 11.6 Å². The number of rotatable bonds is 6. The molecular formula is C14H20FNO. The molecule has 1 atom stereocenters. The second-order valence-electron chi connectivity index (χ2n) is 4.22. The van der Waals surface area contributed by atoms with Crippen molar-refractivity contribution < 1.29 is 9.18 Å². The second-order valence-corrected chi connectivity index (χ2v) is 4.22. The Kier molecular flexibility index (Phi) is 5.67. The van der Waals surface area contributed by atoms with E-state index in [4.69, 9.17) is 0 Å². The fraction of sp³-hybridized carbons (Fsp3) is 0.500. The summed E-state index contributed by atoms with van der Waals surface area (Å²) in [5.74, 6) is -0.480. The maximum atomic E-state index is 13.4. The van der Waals surface area contributed by atoms with Crippen LogP contribution >= 0.6 is 0 Å². The van der Waals surface area contributed by atoms with Crippen molar-refractivity contribution in [1.82, 2.24) is 0 Å². The lowest BCUT2D eigenvalue weighted by Gasteiger charge is -2.14. The van der Waals surface area contributed by atoms with E-state index in [0.717, 1.165) is 25.7 Å². The SMILES string of the molecule is CCCCC(CC)C(=O)Nc1ccccc1F. The van der Waals surface area contributed by atoms with E-state index < -0.39 is 0 Å². The summed E-state index contributed by atoms with van der Waals surface area (Å²) in [6.07, 6.45) is 3.76. The quantitative estimate of drug-likeness (QED) is 0.796. The Morgan fingerprint density at radius 3 is 2.65 bits per heavy atom. The molecule has 1 amide bonds. The molecule has 0 aliphatic rings. The van der Waals surface area contributed by atoms with Crippen LogP contribution in [0.4, 0.5) is 10.1 Å². The van der Waals surface area contributed by atoms with Crippen LogP contribution in [0, 0.1) is 11.7 Å². The number of nitrogens with one attached hydrogen (secondary N) is 1. The second kappa shape index (κ2) is 7.05. The first-order valence-corrected chi connectivity index (χ1v) is 6.24. The van der Waals surface area contributed by atoms with E-state index >= 15 is 0 Å². The van der Waals surface area contributed by atoms with Crippen molar-refractivity contribution in [1.29, 1.82) is 0 Å². The third kappa shape index (κ3) is 4.17. The lowest BCUT2D eigenvalue weighted by molar-refractivity contribution is -0.120. The summed E-state index contributed by atoms with van der Waals surface area (Å²) in [7, 11) is 0. The van der Waals surface area contributed by atoms with E-state index in [0.29, 0.717) is 0 Å². The summed E-state index contributed by atoms with van der Waals surface area (Å²) >= 11 is 0. The van der Waals surface area contributed by atoms with E-state index in [9.17, 15) is 9.18 Å². The van der Waals surface area contributed by atoms with Gasteiger partial charge in [0.1, 0.15) is 5.82 Å². The number of amides is 1. The third-order valence-electron chi connectivity index (χ3n) is 2.90. The van der Waals surface area contributed by atoms with Crippen LogP contribution in [0.25, 0.3) is 0 Å². The summed E-state index contributed by atoms with van der Waals surface area (Å²) in [5, 5.41) is 2.66. The molecule has 94 valence electrons. The van der Waals surface area contributed by atoms with Gasteiger partial charge in [-0.1, -0.05) is 38.8 Å². The molecule has 0 aliphatic carbocycles. The maximum Gasteiger partial charge on any atom is 0.227 e. The standard InChI is InChI=1S/C14H20FNO/c1-3-5-8-11(4-2)14(17)16-13-10-7-6-9-12(13)15/h6-7,9-11H,3-5,8H2,1-2H3,(H,16,17). The van der Waals surface area contributed by atoms with E-state index in [-0.39, 0.29) is 23.3 Å². The van der Waals surface area contributed by atoms with Gasteiger partial charge in [-0.2, -0.15) is 0 Å². The van der Waals surface area contributed by atoms with Crippen LogP contribution in [0.1, 0.15) is 39.5 Å². The van der Waals surface area contributed by atoms with Gasteiger partial charge in [-0.25, -0.2) is 4.39 Å². The van der Waals surface area contributed by atoms with Crippen LogP contribution in [0.5, 0.6) is 0 Å². The highest BCUT2D eigenvalue weighted by molar-refractivity contribution is 5.92. The Morgan fingerprint density at radius 1 is 1.35 bits per heavy atom. The van der Waals surface area contributed by atoms with Gasteiger partial charge in [0.25, 0.3) is 0 Å². The minimum Gasteiger partial charge on any atom is -0.323 e. The molecule has 0 fully saturated rings. The molecule has 0 saturated carbocycles. The molecule has 1 rings (SSSR count). The largest absolute Gasteiger partial charge is 0.323 e. The Hall–Kier alpha value is -1.38. The molecule has 0 aromatic heterocycles. The molecule has 0 spiro atoms. The number of benzene rings is 1. The fourth-order valence-electron chi connectivity index (χ4n) is 1.77. The zero-order valence-corrected chi connectivity index (χ0v) is 10.5. The number of carbonyl (C=O) groups excluding carboxylic acids is 1. The summed E-state index contributed by atoms with van der Waals surface area (Å²) in [4.78, 5) is 11.9. The highest BCUT2D eigenvalue weighted by atomic mass is 19.1. The molecule has 1 aromatic rings. The number of hydrogen-bond acceptors (Lipinski definition) is 1. The maximum absolute atomic E-state index is 13.4. The van der Waals surface area contributed by atoms with E-state index in [1.807, 2.05) is 6.92 Å². The van der Waals surface area contributed by atoms with Crippen molar-refractivity contribution in [2.24, 2.45) is 5.92 Å². The molecule has 0 bridgehead atoms. The van der Waals surface area contributed by atoms with Gasteiger partial charge >= 0.3 is 0 Å². The van der Waals surface area contributed by atoms with Crippen molar-refractivity contribution in [3.05, 3.63) is 30.1 Å². The first-order chi connectivity index (χ1) is 8.19. The van der Waals surface area contributed by atoms with Gasteiger partial charge < -0.3 is 5.32 Å². The third-order valence-corrected chi connectivity index (χ3v) is 2.90. The van der Waals surface area contributed by atoms with E-state index in [1.54, 1.807) is 18.2 Å². The predicted octanol–water partition coefficient (Wildman–Crippen LogP) is 3.98. The molecule has 0 aliphatic heterocycles. The molecule has 1 N–H and O–H groups in total. The number of para-hydroxylation sites is 1. The van der Waals surface area contributed by atoms with Crippen molar-refractivity contribution in [2.45, 2.75) is 39.5 Å². The Bertz CT molecular complexity index is 365. The summed E-state index contributed by atoms with van der Waals surface area (Å²) in [5.41, 5.74) is 0.271. The van der Waals surface area contributed by atoms with Crippen LogP contribution in [-0.4, -0.2) is 5.91 Å². The number of anilines is 1. The predicted molar refractivity (Wildman–Crippen MR) is 68.3 cm³/mol. The van der Waals surface area contributed by atoms with Gasteiger partial charge in [0.05, 0.1) is 5.69 Å². The van der Waals surface area contributed by atoms with Gasteiger partial charge in [-0.3, -0.25) is 4.79 Å². The lowest BCUT2D eigenvalue weighted by atomic mass is 9.98. The molecule has 2 nitrogen and oxygen atoms in total. The van der Waals surface area contributed by atoms with Crippen LogP contribution in [0.15, 0.2) is 24.3 Å². The normalized spacial score (nSPS) is 12.2. The Morgan fingerprint density at radius 2 is 2.06 bits per heavy atom. The van der Waals surface area contributed by atoms with Crippen LogP contribution in [0.3, 0.4) is 0 Å². The van der Waals surface area contributed by atoms with Gasteiger partial charge in [0.2, 0.25) is 5.91 Å². The molecule has 0 heterocycles. The highest BCUT2D eigenvalue weighted by Crippen LogP contribution is 2.18. The highest BCUT2D eigenvalue weighted by Gasteiger charge is 2.16. The molecule has 1 aromatic carbocycles. The number of unbranched alkanes of at least 4 members (excludes halogenated alkanes) is 1. The van der Waals surface area contributed by atoms with Crippen LogP contribution < -0.4 is 5.32 Å². The van der Waals surface area contributed by atoms with Crippen LogP contribution in [-0.2, 0) is 4.79 Å². The van der Waals surface area contributed by atoms with Crippen molar-refractivity contribution in [3.63, 3.8) is 0 Å². The molecule has 0 radical (unpaired) electrons. The molecule has 0 saturated heterocycles. The van der Waals surface area contributed by atoms with Gasteiger partial charge in [-0.05, 0) is 25.0 Å². The summed E-state index contributed by atoms with van der Waals surface area (Å²) in [6.45, 7) is 4.09. The van der Waals surface area contributed by atoms with Gasteiger partial charge in [-0.15, -0.1) is 0 Å². The van der Waals surface area contributed by atoms with Crippen molar-refractivity contribution in [2.75, 3.05) is 5.32 Å². The minimum absolute atomic E-state index is 0.0189. The topological polar surface area (TPSA) is 29.1 Å².